The summed E-state index contributed by atoms with van der Waals surface area (Å²) in [6.07, 6.45) is 3.92. The number of rotatable bonds is 4. The molecule has 1 saturated heterocycles. The molecule has 1 heterocycles. The van der Waals surface area contributed by atoms with E-state index < -0.39 is 0 Å². The first-order valence-corrected chi connectivity index (χ1v) is 7.33. The summed E-state index contributed by atoms with van der Waals surface area (Å²) in [5.41, 5.74) is 1.40. The molecular formula is C16H26N2. The zero-order valence-electron chi connectivity index (χ0n) is 11.7. The van der Waals surface area contributed by atoms with Gasteiger partial charge in [0, 0.05) is 12.1 Å². The Kier molecular flexibility index (Phi) is 5.21. The summed E-state index contributed by atoms with van der Waals surface area (Å²) in [6, 6.07) is 11.9. The van der Waals surface area contributed by atoms with E-state index in [1.165, 1.54) is 44.5 Å². The number of hydrogen-bond acceptors (Lipinski definition) is 2. The second-order valence-corrected chi connectivity index (χ2v) is 5.36. The van der Waals surface area contributed by atoms with Crippen LogP contribution in [0.15, 0.2) is 30.3 Å². The quantitative estimate of drug-likeness (QED) is 0.877. The highest BCUT2D eigenvalue weighted by Gasteiger charge is 2.17. The van der Waals surface area contributed by atoms with E-state index in [2.05, 4.69) is 54.4 Å². The van der Waals surface area contributed by atoms with Crippen LogP contribution < -0.4 is 5.32 Å². The molecule has 0 amide bonds. The zero-order chi connectivity index (χ0) is 12.8. The molecule has 0 saturated carbocycles. The van der Waals surface area contributed by atoms with E-state index in [9.17, 15) is 0 Å². The maximum Gasteiger partial charge on any atom is 0.0294 e. The summed E-state index contributed by atoms with van der Waals surface area (Å²) in [5.74, 6) is 0. The van der Waals surface area contributed by atoms with Crippen LogP contribution >= 0.6 is 0 Å². The lowest BCUT2D eigenvalue weighted by Crippen LogP contribution is -2.32. The van der Waals surface area contributed by atoms with Crippen molar-refractivity contribution in [3.05, 3.63) is 35.9 Å². The molecule has 0 aromatic heterocycles. The fourth-order valence-corrected chi connectivity index (χ4v) is 2.83. The van der Waals surface area contributed by atoms with Crippen LogP contribution in [0.2, 0.25) is 0 Å². The van der Waals surface area contributed by atoms with Crippen molar-refractivity contribution in [2.24, 2.45) is 0 Å². The Morgan fingerprint density at radius 2 is 2.00 bits per heavy atom. The molecular weight excluding hydrogens is 220 g/mol. The minimum Gasteiger partial charge on any atom is -0.307 e. The Hall–Kier alpha value is -0.860. The van der Waals surface area contributed by atoms with Crippen molar-refractivity contribution in [2.75, 3.05) is 19.6 Å². The molecule has 18 heavy (non-hydrogen) atoms. The van der Waals surface area contributed by atoms with Gasteiger partial charge < -0.3 is 10.2 Å². The van der Waals surface area contributed by atoms with Crippen molar-refractivity contribution in [1.82, 2.24) is 10.2 Å². The van der Waals surface area contributed by atoms with E-state index in [0.29, 0.717) is 12.1 Å². The van der Waals surface area contributed by atoms with Gasteiger partial charge in [-0.3, -0.25) is 0 Å². The molecule has 1 aromatic carbocycles. The third-order valence-corrected chi connectivity index (χ3v) is 4.05. The average Bonchev–Trinajstić information content (AvgIpc) is 2.65. The summed E-state index contributed by atoms with van der Waals surface area (Å²) in [7, 11) is 0. The molecule has 0 spiro atoms. The van der Waals surface area contributed by atoms with Crippen LogP contribution in [0.4, 0.5) is 0 Å². The first kappa shape index (κ1) is 13.6. The molecule has 1 unspecified atom stereocenters. The summed E-state index contributed by atoms with van der Waals surface area (Å²) in [5, 5.41) is 3.79. The van der Waals surface area contributed by atoms with Crippen molar-refractivity contribution < 1.29 is 0 Å². The highest BCUT2D eigenvalue weighted by molar-refractivity contribution is 5.18. The number of benzene rings is 1. The zero-order valence-corrected chi connectivity index (χ0v) is 11.7. The highest BCUT2D eigenvalue weighted by Crippen LogP contribution is 2.17. The smallest absolute Gasteiger partial charge is 0.0294 e. The maximum absolute atomic E-state index is 3.79. The van der Waals surface area contributed by atoms with Gasteiger partial charge in [-0.2, -0.15) is 0 Å². The van der Waals surface area contributed by atoms with Gasteiger partial charge in [-0.05, 0) is 51.4 Å². The second-order valence-electron chi connectivity index (χ2n) is 5.36. The summed E-state index contributed by atoms with van der Waals surface area (Å²) < 4.78 is 0. The lowest BCUT2D eigenvalue weighted by molar-refractivity contribution is 0.295. The van der Waals surface area contributed by atoms with E-state index >= 15 is 0 Å². The minimum atomic E-state index is 0.462. The molecule has 0 aliphatic carbocycles. The lowest BCUT2D eigenvalue weighted by Gasteiger charge is -2.22. The molecule has 1 N–H and O–H groups in total. The topological polar surface area (TPSA) is 15.3 Å². The van der Waals surface area contributed by atoms with E-state index in [1.54, 1.807) is 0 Å². The normalized spacial score (nSPS) is 23.6. The van der Waals surface area contributed by atoms with Crippen molar-refractivity contribution in [1.29, 1.82) is 0 Å². The molecule has 1 fully saturated rings. The fraction of sp³-hybridized carbons (Fsp3) is 0.625. The van der Waals surface area contributed by atoms with Crippen LogP contribution in [0.5, 0.6) is 0 Å². The Morgan fingerprint density at radius 3 is 2.72 bits per heavy atom. The number of likely N-dealkylation sites (tertiary alicyclic amines) is 1. The summed E-state index contributed by atoms with van der Waals surface area (Å²) in [4.78, 5) is 2.56. The first-order valence-electron chi connectivity index (χ1n) is 7.33. The molecule has 1 aromatic rings. The summed E-state index contributed by atoms with van der Waals surface area (Å²) in [6.45, 7) is 8.25. The van der Waals surface area contributed by atoms with Gasteiger partial charge in [0.05, 0.1) is 0 Å². The third-order valence-electron chi connectivity index (χ3n) is 4.05. The Morgan fingerprint density at radius 1 is 1.22 bits per heavy atom. The molecule has 2 nitrogen and oxygen atoms in total. The molecule has 2 heteroatoms. The van der Waals surface area contributed by atoms with Crippen LogP contribution in [0, 0.1) is 0 Å². The van der Waals surface area contributed by atoms with Gasteiger partial charge in [-0.15, -0.1) is 0 Å². The van der Waals surface area contributed by atoms with Gasteiger partial charge in [-0.1, -0.05) is 37.3 Å². The molecule has 100 valence electrons. The lowest BCUT2D eigenvalue weighted by atomic mass is 10.0. The molecule has 0 bridgehead atoms. The van der Waals surface area contributed by atoms with E-state index in [1.807, 2.05) is 0 Å². The van der Waals surface area contributed by atoms with Gasteiger partial charge in [0.25, 0.3) is 0 Å². The predicted molar refractivity (Wildman–Crippen MR) is 77.7 cm³/mol. The van der Waals surface area contributed by atoms with Crippen molar-refractivity contribution in [2.45, 2.75) is 45.2 Å². The Labute approximate surface area is 111 Å². The monoisotopic (exact) mass is 246 g/mol. The van der Waals surface area contributed by atoms with Crippen molar-refractivity contribution >= 4 is 0 Å². The van der Waals surface area contributed by atoms with Gasteiger partial charge >= 0.3 is 0 Å². The predicted octanol–water partition coefficient (Wildman–Crippen LogP) is 3.21. The molecule has 0 radical (unpaired) electrons. The van der Waals surface area contributed by atoms with Gasteiger partial charge in [0.1, 0.15) is 0 Å². The standard InChI is InChI=1S/C16H26N2/c1-3-18-12-7-10-16(11-13-18)17-14(2)15-8-5-4-6-9-15/h4-6,8-9,14,16-17H,3,7,10-13H2,1-2H3/t14-,16?/m0/s1. The summed E-state index contributed by atoms with van der Waals surface area (Å²) >= 11 is 0. The molecule has 2 rings (SSSR count). The maximum atomic E-state index is 3.79. The number of nitrogens with one attached hydrogen (secondary N) is 1. The van der Waals surface area contributed by atoms with Crippen LogP contribution in [0.25, 0.3) is 0 Å². The average molecular weight is 246 g/mol. The highest BCUT2D eigenvalue weighted by atomic mass is 15.1. The van der Waals surface area contributed by atoms with E-state index in [0.717, 1.165) is 0 Å². The fourth-order valence-electron chi connectivity index (χ4n) is 2.83. The van der Waals surface area contributed by atoms with Crippen LogP contribution in [0.1, 0.15) is 44.7 Å². The van der Waals surface area contributed by atoms with Crippen LogP contribution in [0.3, 0.4) is 0 Å². The van der Waals surface area contributed by atoms with Gasteiger partial charge in [0.15, 0.2) is 0 Å². The first-order chi connectivity index (χ1) is 8.79. The van der Waals surface area contributed by atoms with Gasteiger partial charge in [-0.25, -0.2) is 0 Å². The van der Waals surface area contributed by atoms with Crippen LogP contribution in [-0.2, 0) is 0 Å². The minimum absolute atomic E-state index is 0.462. The number of nitrogens with zero attached hydrogens (tertiary/aromatic N) is 1. The van der Waals surface area contributed by atoms with E-state index in [-0.39, 0.29) is 0 Å². The largest absolute Gasteiger partial charge is 0.307 e. The Bertz CT molecular complexity index is 336. The van der Waals surface area contributed by atoms with Crippen molar-refractivity contribution in [3.8, 4) is 0 Å². The third kappa shape index (κ3) is 3.82. The molecule has 1 aliphatic heterocycles. The Balaban J connectivity index is 1.86. The van der Waals surface area contributed by atoms with Gasteiger partial charge in [0.2, 0.25) is 0 Å². The van der Waals surface area contributed by atoms with E-state index in [4.69, 9.17) is 0 Å². The molecule has 1 aliphatic rings. The molecule has 2 atom stereocenters. The van der Waals surface area contributed by atoms with Crippen molar-refractivity contribution in [3.63, 3.8) is 0 Å². The second kappa shape index (κ2) is 6.91. The SMILES string of the molecule is CCN1CCCC(N[C@@H](C)c2ccccc2)CC1. The number of hydrogen-bond donors (Lipinski definition) is 1. The van der Waals surface area contributed by atoms with Crippen LogP contribution in [-0.4, -0.2) is 30.6 Å².